The molecule has 3 aliphatic heterocycles. The Labute approximate surface area is 213 Å². The van der Waals surface area contributed by atoms with Crippen molar-refractivity contribution in [3.63, 3.8) is 0 Å². The van der Waals surface area contributed by atoms with Crippen LogP contribution < -0.4 is 9.47 Å². The molecule has 1 aromatic carbocycles. The molecular formula is C28H39NO7. The van der Waals surface area contributed by atoms with Gasteiger partial charge in [-0.1, -0.05) is 25.0 Å². The maximum atomic E-state index is 13.2. The van der Waals surface area contributed by atoms with E-state index in [2.05, 4.69) is 0 Å². The van der Waals surface area contributed by atoms with Gasteiger partial charge >= 0.3 is 5.97 Å². The molecule has 36 heavy (non-hydrogen) atoms. The van der Waals surface area contributed by atoms with Gasteiger partial charge in [-0.25, -0.2) is 0 Å². The molecule has 4 aliphatic rings. The number of para-hydroxylation sites is 1. The van der Waals surface area contributed by atoms with Crippen LogP contribution >= 0.6 is 0 Å². The number of benzene rings is 1. The maximum absolute atomic E-state index is 13.2. The van der Waals surface area contributed by atoms with Crippen LogP contribution in [0.25, 0.3) is 0 Å². The summed E-state index contributed by atoms with van der Waals surface area (Å²) in [4.78, 5) is 26.7. The number of hydrogen-bond donors (Lipinski definition) is 1. The first-order valence-corrected chi connectivity index (χ1v) is 13.5. The number of amides is 1. The minimum Gasteiger partial charge on any atom is -0.490 e. The van der Waals surface area contributed by atoms with E-state index in [4.69, 9.17) is 18.9 Å². The van der Waals surface area contributed by atoms with E-state index in [1.165, 1.54) is 12.8 Å². The summed E-state index contributed by atoms with van der Waals surface area (Å²) in [6, 6.07) is 5.82. The van der Waals surface area contributed by atoms with Gasteiger partial charge in [-0.3, -0.25) is 9.59 Å². The summed E-state index contributed by atoms with van der Waals surface area (Å²) in [7, 11) is 0. The lowest BCUT2D eigenvalue weighted by Crippen LogP contribution is -2.62. The topological polar surface area (TPSA) is 94.5 Å². The van der Waals surface area contributed by atoms with Crippen LogP contribution in [-0.4, -0.2) is 66.0 Å². The Morgan fingerprint density at radius 1 is 1.25 bits per heavy atom. The molecule has 1 amide bonds. The molecule has 8 nitrogen and oxygen atoms in total. The number of carboxylic acids is 1. The molecule has 3 heterocycles. The Kier molecular flexibility index (Phi) is 7.18. The molecule has 1 aliphatic carbocycles. The van der Waals surface area contributed by atoms with E-state index in [9.17, 15) is 14.7 Å². The van der Waals surface area contributed by atoms with Crippen LogP contribution in [0.4, 0.5) is 0 Å². The first kappa shape index (κ1) is 25.3. The number of carbonyl (C=O) groups is 2. The zero-order valence-electron chi connectivity index (χ0n) is 21.5. The van der Waals surface area contributed by atoms with Crippen molar-refractivity contribution in [3.8, 4) is 11.5 Å². The normalized spacial score (nSPS) is 32.0. The molecule has 0 bridgehead atoms. The number of rotatable bonds is 7. The molecule has 0 unspecified atom stereocenters. The molecule has 4 atom stereocenters. The highest BCUT2D eigenvalue weighted by molar-refractivity contribution is 5.76. The highest BCUT2D eigenvalue weighted by atomic mass is 16.6. The number of fused-ring (bicyclic) bond motifs is 3. The summed E-state index contributed by atoms with van der Waals surface area (Å²) in [6.07, 6.45) is 6.08. The summed E-state index contributed by atoms with van der Waals surface area (Å²) in [5.41, 5.74) is -0.470. The van der Waals surface area contributed by atoms with Crippen molar-refractivity contribution >= 4 is 11.9 Å². The average Bonchev–Trinajstić information content (AvgIpc) is 3.37. The quantitative estimate of drug-likeness (QED) is 0.593. The van der Waals surface area contributed by atoms with Crippen LogP contribution in [0.5, 0.6) is 11.5 Å². The Morgan fingerprint density at radius 3 is 2.81 bits per heavy atom. The highest BCUT2D eigenvalue weighted by Gasteiger charge is 2.56. The number of nitrogens with zero attached hydrogens (tertiary/aromatic N) is 1. The second-order valence-corrected chi connectivity index (χ2v) is 11.2. The lowest BCUT2D eigenvalue weighted by Gasteiger charge is -2.55. The van der Waals surface area contributed by atoms with Crippen molar-refractivity contribution in [3.05, 3.63) is 23.8 Å². The van der Waals surface area contributed by atoms with E-state index in [0.717, 1.165) is 18.4 Å². The van der Waals surface area contributed by atoms with E-state index in [1.807, 2.05) is 36.9 Å². The Balaban J connectivity index is 1.40. The predicted molar refractivity (Wildman–Crippen MR) is 132 cm³/mol. The zero-order valence-corrected chi connectivity index (χ0v) is 21.5. The molecule has 1 N–H and O–H groups in total. The Hall–Kier alpha value is -2.32. The fourth-order valence-electron chi connectivity index (χ4n) is 6.66. The third-order valence-electron chi connectivity index (χ3n) is 8.59. The second kappa shape index (κ2) is 10.2. The molecule has 8 heteroatoms. The standard InChI is InChI=1S/C28H39NO7/c1-3-33-22-10-6-9-20-25-21(27(2,36-26(20)22)12-11-24(31)32)16-28(18-34-25)17-29(13-14-35-28)23(30)15-19-7-4-5-8-19/h6,9-10,19,21,25H,3-5,7-8,11-18H2,1-2H3,(H,31,32)/t21-,25+,27+,28+/m0/s1. The van der Waals surface area contributed by atoms with E-state index in [-0.39, 0.29) is 24.3 Å². The highest BCUT2D eigenvalue weighted by Crippen LogP contribution is 2.55. The number of ether oxygens (including phenoxy) is 4. The minimum absolute atomic E-state index is 0.00822. The van der Waals surface area contributed by atoms with Crippen LogP contribution in [0.2, 0.25) is 0 Å². The minimum atomic E-state index is -0.857. The second-order valence-electron chi connectivity index (χ2n) is 11.2. The molecule has 1 saturated carbocycles. The van der Waals surface area contributed by atoms with Gasteiger partial charge in [0.05, 0.1) is 32.5 Å². The summed E-state index contributed by atoms with van der Waals surface area (Å²) in [6.45, 7) is 6.38. The van der Waals surface area contributed by atoms with Crippen molar-refractivity contribution in [1.29, 1.82) is 0 Å². The monoisotopic (exact) mass is 501 g/mol. The first-order chi connectivity index (χ1) is 17.3. The average molecular weight is 502 g/mol. The molecule has 5 rings (SSSR count). The molecule has 0 aromatic heterocycles. The van der Waals surface area contributed by atoms with Crippen molar-refractivity contribution < 1.29 is 33.6 Å². The summed E-state index contributed by atoms with van der Waals surface area (Å²) in [5.74, 6) is 1.03. The number of morpholine rings is 1. The molecule has 1 aromatic rings. The summed E-state index contributed by atoms with van der Waals surface area (Å²) in [5, 5.41) is 9.46. The van der Waals surface area contributed by atoms with Crippen molar-refractivity contribution in [2.75, 3.05) is 32.9 Å². The third kappa shape index (κ3) is 4.94. The van der Waals surface area contributed by atoms with Crippen molar-refractivity contribution in [2.45, 2.75) is 82.5 Å². The van der Waals surface area contributed by atoms with Crippen molar-refractivity contribution in [2.24, 2.45) is 11.8 Å². The van der Waals surface area contributed by atoms with Gasteiger partial charge in [-0.05, 0) is 51.5 Å². The van der Waals surface area contributed by atoms with Crippen LogP contribution in [0.15, 0.2) is 18.2 Å². The maximum Gasteiger partial charge on any atom is 0.303 e. The lowest BCUT2D eigenvalue weighted by atomic mass is 9.69. The predicted octanol–water partition coefficient (Wildman–Crippen LogP) is 4.36. The lowest BCUT2D eigenvalue weighted by molar-refractivity contribution is -0.233. The zero-order chi connectivity index (χ0) is 25.3. The molecule has 0 radical (unpaired) electrons. The van der Waals surface area contributed by atoms with E-state index in [0.29, 0.717) is 69.6 Å². The van der Waals surface area contributed by atoms with Gasteiger partial charge in [-0.15, -0.1) is 0 Å². The number of carbonyl (C=O) groups excluding carboxylic acids is 1. The van der Waals surface area contributed by atoms with E-state index < -0.39 is 17.2 Å². The molecule has 198 valence electrons. The fraction of sp³-hybridized carbons (Fsp3) is 0.714. The number of carboxylic acid groups (broad SMARTS) is 1. The SMILES string of the molecule is CCOc1cccc2c1O[C@](C)(CCC(=O)O)[C@H]1C[C@]3(CO[C@H]21)CN(C(=O)CC1CCCC1)CCO3. The summed E-state index contributed by atoms with van der Waals surface area (Å²) >= 11 is 0. The third-order valence-corrected chi connectivity index (χ3v) is 8.59. The molecular weight excluding hydrogens is 462 g/mol. The van der Waals surface area contributed by atoms with Gasteiger partial charge in [0, 0.05) is 30.9 Å². The van der Waals surface area contributed by atoms with Crippen LogP contribution in [-0.2, 0) is 19.1 Å². The van der Waals surface area contributed by atoms with Gasteiger partial charge in [0.1, 0.15) is 11.2 Å². The largest absolute Gasteiger partial charge is 0.490 e. The first-order valence-electron chi connectivity index (χ1n) is 13.5. The molecule has 2 saturated heterocycles. The van der Waals surface area contributed by atoms with Gasteiger partial charge in [0.25, 0.3) is 0 Å². The van der Waals surface area contributed by atoms with Gasteiger partial charge in [0.15, 0.2) is 11.5 Å². The van der Waals surface area contributed by atoms with Gasteiger partial charge in [-0.2, -0.15) is 0 Å². The fourth-order valence-corrected chi connectivity index (χ4v) is 6.66. The van der Waals surface area contributed by atoms with Crippen molar-refractivity contribution in [1.82, 2.24) is 4.90 Å². The van der Waals surface area contributed by atoms with Gasteiger partial charge < -0.3 is 29.0 Å². The van der Waals surface area contributed by atoms with Crippen LogP contribution in [0, 0.1) is 11.8 Å². The van der Waals surface area contributed by atoms with E-state index in [1.54, 1.807) is 0 Å². The van der Waals surface area contributed by atoms with Gasteiger partial charge in [0.2, 0.25) is 5.91 Å². The number of aliphatic carboxylic acids is 1. The summed E-state index contributed by atoms with van der Waals surface area (Å²) < 4.78 is 25.4. The number of hydrogen-bond acceptors (Lipinski definition) is 6. The molecule has 3 fully saturated rings. The van der Waals surface area contributed by atoms with Crippen LogP contribution in [0.3, 0.4) is 0 Å². The van der Waals surface area contributed by atoms with Crippen LogP contribution in [0.1, 0.15) is 76.9 Å². The Bertz CT molecular complexity index is 977. The van der Waals surface area contributed by atoms with E-state index >= 15 is 0 Å². The Morgan fingerprint density at radius 2 is 2.06 bits per heavy atom. The molecule has 1 spiro atoms. The smallest absolute Gasteiger partial charge is 0.303 e.